The molecule has 2 heterocycles. The summed E-state index contributed by atoms with van der Waals surface area (Å²) in [5.74, 6) is 2.11. The molecular weight excluding hydrogens is 466 g/mol. The Hall–Kier alpha value is -4.27. The van der Waals surface area contributed by atoms with Gasteiger partial charge in [-0.15, -0.1) is 10.2 Å². The van der Waals surface area contributed by atoms with Crippen molar-refractivity contribution in [2.24, 2.45) is 7.05 Å². The molecule has 0 radical (unpaired) electrons. The van der Waals surface area contributed by atoms with Gasteiger partial charge in [0.2, 0.25) is 0 Å². The number of aromatic nitrogens is 5. The fraction of sp³-hybridized carbons (Fsp3) is 0.321. The van der Waals surface area contributed by atoms with Crippen LogP contribution in [0.1, 0.15) is 54.4 Å². The van der Waals surface area contributed by atoms with Gasteiger partial charge in [-0.1, -0.05) is 44.4 Å². The molecule has 1 amide bonds. The van der Waals surface area contributed by atoms with Gasteiger partial charge in [0.25, 0.3) is 5.91 Å². The summed E-state index contributed by atoms with van der Waals surface area (Å²) >= 11 is 0. The Labute approximate surface area is 217 Å². The first-order chi connectivity index (χ1) is 18.1. The SMILES string of the molecule is CCCCCCOc1cccc(CNC(=O)c2cccc(NCc3nnc(-c4ccncn4)n3C)c2)c1. The van der Waals surface area contributed by atoms with Crippen molar-refractivity contribution < 1.29 is 9.53 Å². The van der Waals surface area contributed by atoms with Gasteiger partial charge in [0.15, 0.2) is 11.6 Å². The summed E-state index contributed by atoms with van der Waals surface area (Å²) in [7, 11) is 1.89. The number of benzene rings is 2. The third-order valence-electron chi connectivity index (χ3n) is 5.97. The first-order valence-corrected chi connectivity index (χ1v) is 12.6. The maximum Gasteiger partial charge on any atom is 0.251 e. The Morgan fingerprint density at radius 2 is 1.89 bits per heavy atom. The van der Waals surface area contributed by atoms with Crippen molar-refractivity contribution >= 4 is 11.6 Å². The quantitative estimate of drug-likeness (QED) is 0.255. The van der Waals surface area contributed by atoms with Crippen LogP contribution in [0.2, 0.25) is 0 Å². The molecule has 0 unspecified atom stereocenters. The molecule has 0 saturated carbocycles. The lowest BCUT2D eigenvalue weighted by Gasteiger charge is -2.11. The van der Waals surface area contributed by atoms with E-state index < -0.39 is 0 Å². The third-order valence-corrected chi connectivity index (χ3v) is 5.97. The van der Waals surface area contributed by atoms with Crippen molar-refractivity contribution in [1.82, 2.24) is 30.0 Å². The van der Waals surface area contributed by atoms with E-state index in [0.29, 0.717) is 36.8 Å². The van der Waals surface area contributed by atoms with E-state index in [9.17, 15) is 4.79 Å². The maximum atomic E-state index is 12.8. The summed E-state index contributed by atoms with van der Waals surface area (Å²) < 4.78 is 7.74. The molecule has 0 atom stereocenters. The lowest BCUT2D eigenvalue weighted by molar-refractivity contribution is 0.0951. The molecule has 0 aliphatic carbocycles. The average molecular weight is 500 g/mol. The average Bonchev–Trinajstić information content (AvgIpc) is 3.31. The highest BCUT2D eigenvalue weighted by Gasteiger charge is 2.12. The minimum atomic E-state index is -0.140. The summed E-state index contributed by atoms with van der Waals surface area (Å²) in [5.41, 5.74) is 3.10. The molecule has 4 aromatic rings. The molecule has 0 saturated heterocycles. The van der Waals surface area contributed by atoms with E-state index in [4.69, 9.17) is 4.74 Å². The predicted molar refractivity (Wildman–Crippen MR) is 143 cm³/mol. The molecule has 9 nitrogen and oxygen atoms in total. The zero-order valence-corrected chi connectivity index (χ0v) is 21.4. The summed E-state index contributed by atoms with van der Waals surface area (Å²) in [6, 6.07) is 17.1. The Bertz CT molecular complexity index is 1290. The van der Waals surface area contributed by atoms with Crippen LogP contribution in [0.5, 0.6) is 5.75 Å². The van der Waals surface area contributed by atoms with Crippen LogP contribution in [0.15, 0.2) is 67.1 Å². The number of nitrogens with zero attached hydrogens (tertiary/aromatic N) is 5. The van der Waals surface area contributed by atoms with Gasteiger partial charge in [-0.05, 0) is 48.4 Å². The molecule has 2 aromatic carbocycles. The van der Waals surface area contributed by atoms with E-state index >= 15 is 0 Å². The summed E-state index contributed by atoms with van der Waals surface area (Å²) in [5, 5.41) is 14.8. The second-order valence-corrected chi connectivity index (χ2v) is 8.77. The molecule has 37 heavy (non-hydrogen) atoms. The van der Waals surface area contributed by atoms with E-state index in [1.807, 2.05) is 54.1 Å². The minimum absolute atomic E-state index is 0.140. The summed E-state index contributed by atoms with van der Waals surface area (Å²) in [6.07, 6.45) is 7.84. The number of hydrogen-bond acceptors (Lipinski definition) is 7. The number of hydrogen-bond donors (Lipinski definition) is 2. The molecule has 2 aromatic heterocycles. The van der Waals surface area contributed by atoms with E-state index in [-0.39, 0.29) is 5.91 Å². The third kappa shape index (κ3) is 7.36. The summed E-state index contributed by atoms with van der Waals surface area (Å²) in [6.45, 7) is 3.79. The molecule has 0 aliphatic rings. The number of amides is 1. The zero-order valence-electron chi connectivity index (χ0n) is 21.4. The molecule has 192 valence electrons. The Kier molecular flexibility index (Phi) is 9.18. The number of carbonyl (C=O) groups is 1. The van der Waals surface area contributed by atoms with Crippen LogP contribution < -0.4 is 15.4 Å². The van der Waals surface area contributed by atoms with E-state index in [0.717, 1.165) is 29.2 Å². The van der Waals surface area contributed by atoms with Crippen molar-refractivity contribution in [1.29, 1.82) is 0 Å². The number of carbonyl (C=O) groups excluding carboxylic acids is 1. The number of anilines is 1. The summed E-state index contributed by atoms with van der Waals surface area (Å²) in [4.78, 5) is 21.0. The van der Waals surface area contributed by atoms with Gasteiger partial charge in [-0.3, -0.25) is 4.79 Å². The van der Waals surface area contributed by atoms with Gasteiger partial charge < -0.3 is 19.9 Å². The van der Waals surface area contributed by atoms with Crippen LogP contribution >= 0.6 is 0 Å². The fourth-order valence-corrected chi connectivity index (χ4v) is 3.86. The van der Waals surface area contributed by atoms with Crippen LogP contribution in [-0.4, -0.2) is 37.2 Å². The normalized spacial score (nSPS) is 10.8. The standard InChI is InChI=1S/C28H33N7O2/c1-3-4-5-6-15-37-24-12-7-9-21(16-24)18-31-28(36)22-10-8-11-23(17-22)30-19-26-33-34-27(35(26)2)25-13-14-29-20-32-25/h7-14,16-17,20,30H,3-6,15,18-19H2,1-2H3,(H,31,36). The molecule has 0 fully saturated rings. The number of unbranched alkanes of at least 4 members (excludes halogenated alkanes) is 3. The van der Waals surface area contributed by atoms with Crippen molar-refractivity contribution in [2.75, 3.05) is 11.9 Å². The number of nitrogens with one attached hydrogen (secondary N) is 2. The van der Waals surface area contributed by atoms with Crippen LogP contribution in [-0.2, 0) is 20.1 Å². The molecule has 0 aliphatic heterocycles. The predicted octanol–water partition coefficient (Wildman–Crippen LogP) is 4.77. The van der Waals surface area contributed by atoms with Gasteiger partial charge in [-0.25, -0.2) is 9.97 Å². The van der Waals surface area contributed by atoms with Gasteiger partial charge in [0.05, 0.1) is 13.2 Å². The number of ether oxygens (including phenoxy) is 1. The van der Waals surface area contributed by atoms with Crippen molar-refractivity contribution in [3.8, 4) is 17.3 Å². The monoisotopic (exact) mass is 499 g/mol. The van der Waals surface area contributed by atoms with Gasteiger partial charge in [0, 0.05) is 31.0 Å². The highest BCUT2D eigenvalue weighted by molar-refractivity contribution is 5.95. The van der Waals surface area contributed by atoms with Crippen molar-refractivity contribution in [2.45, 2.75) is 45.7 Å². The van der Waals surface area contributed by atoms with Crippen LogP contribution in [0.4, 0.5) is 5.69 Å². The van der Waals surface area contributed by atoms with E-state index in [2.05, 4.69) is 37.7 Å². The first kappa shape index (κ1) is 25.8. The topological polar surface area (TPSA) is 107 Å². The fourth-order valence-electron chi connectivity index (χ4n) is 3.86. The first-order valence-electron chi connectivity index (χ1n) is 12.6. The molecule has 9 heteroatoms. The van der Waals surface area contributed by atoms with Crippen molar-refractivity contribution in [3.63, 3.8) is 0 Å². The maximum absolute atomic E-state index is 12.8. The molecule has 0 bridgehead atoms. The largest absolute Gasteiger partial charge is 0.494 e. The number of rotatable bonds is 13. The lowest BCUT2D eigenvalue weighted by Crippen LogP contribution is -2.22. The van der Waals surface area contributed by atoms with Crippen LogP contribution in [0.3, 0.4) is 0 Å². The van der Waals surface area contributed by atoms with Crippen molar-refractivity contribution in [3.05, 3.63) is 84.1 Å². The smallest absolute Gasteiger partial charge is 0.251 e. The molecule has 2 N–H and O–H groups in total. The Morgan fingerprint density at radius 1 is 1.00 bits per heavy atom. The minimum Gasteiger partial charge on any atom is -0.494 e. The highest BCUT2D eigenvalue weighted by atomic mass is 16.5. The van der Waals surface area contributed by atoms with E-state index in [1.165, 1.54) is 25.6 Å². The van der Waals surface area contributed by atoms with Crippen LogP contribution in [0, 0.1) is 0 Å². The Morgan fingerprint density at radius 3 is 2.73 bits per heavy atom. The molecule has 4 rings (SSSR count). The molecular formula is C28H33N7O2. The molecule has 0 spiro atoms. The highest BCUT2D eigenvalue weighted by Crippen LogP contribution is 2.17. The lowest BCUT2D eigenvalue weighted by atomic mass is 10.1. The van der Waals surface area contributed by atoms with Gasteiger partial charge in [-0.2, -0.15) is 0 Å². The second kappa shape index (κ2) is 13.2. The zero-order chi connectivity index (χ0) is 25.9. The second-order valence-electron chi connectivity index (χ2n) is 8.77. The Balaban J connectivity index is 1.29. The van der Waals surface area contributed by atoms with Gasteiger partial charge >= 0.3 is 0 Å². The van der Waals surface area contributed by atoms with Gasteiger partial charge in [0.1, 0.15) is 17.8 Å². The van der Waals surface area contributed by atoms with Crippen LogP contribution in [0.25, 0.3) is 11.5 Å². The van der Waals surface area contributed by atoms with E-state index in [1.54, 1.807) is 18.3 Å².